The molecule has 5 heteroatoms. The molecule has 0 fully saturated rings. The summed E-state index contributed by atoms with van der Waals surface area (Å²) in [6.45, 7) is 4.03. The Labute approximate surface area is 160 Å². The second kappa shape index (κ2) is 8.97. The molecule has 0 saturated carbocycles. The van der Waals surface area contributed by atoms with Crippen molar-refractivity contribution in [1.82, 2.24) is 0 Å². The van der Waals surface area contributed by atoms with E-state index in [2.05, 4.69) is 13.0 Å². The monoisotopic (exact) mass is 374 g/mol. The minimum atomic E-state index is -0.150. The lowest BCUT2D eigenvalue weighted by Crippen LogP contribution is -2.20. The van der Waals surface area contributed by atoms with Crippen LogP contribution in [0, 0.1) is 6.92 Å². The van der Waals surface area contributed by atoms with Crippen molar-refractivity contribution in [3.8, 4) is 11.5 Å². The highest BCUT2D eigenvalue weighted by atomic mass is 35.5. The smallest absolute Gasteiger partial charge is 0.160 e. The summed E-state index contributed by atoms with van der Waals surface area (Å²) in [5.41, 5.74) is 17.3. The number of nitrogens with two attached hydrogens (primary N) is 2. The fraction of sp³-hybridized carbons (Fsp3) is 0.333. The van der Waals surface area contributed by atoms with E-state index in [4.69, 9.17) is 32.5 Å². The summed E-state index contributed by atoms with van der Waals surface area (Å²) >= 11 is 6.30. The minimum Gasteiger partial charge on any atom is -0.493 e. The topological polar surface area (TPSA) is 70.5 Å². The van der Waals surface area contributed by atoms with Crippen LogP contribution in [0.25, 0.3) is 5.57 Å². The molecule has 1 atom stereocenters. The van der Waals surface area contributed by atoms with Crippen molar-refractivity contribution < 1.29 is 9.47 Å². The number of nitrogen functional groups attached to an aromatic ring is 1. The van der Waals surface area contributed by atoms with E-state index in [0.29, 0.717) is 28.6 Å². The Morgan fingerprint density at radius 3 is 2.46 bits per heavy atom. The van der Waals surface area contributed by atoms with Gasteiger partial charge in [-0.05, 0) is 48.6 Å². The predicted molar refractivity (Wildman–Crippen MR) is 110 cm³/mol. The number of hydrogen-bond donors (Lipinski definition) is 2. The molecule has 0 aromatic heterocycles. The molecule has 0 aliphatic heterocycles. The second-order valence-electron chi connectivity index (χ2n) is 6.26. The lowest BCUT2D eigenvalue weighted by atomic mass is 9.96. The van der Waals surface area contributed by atoms with Gasteiger partial charge in [-0.15, -0.1) is 0 Å². The molecule has 0 aliphatic carbocycles. The third-order valence-corrected chi connectivity index (χ3v) is 4.94. The molecule has 1 unspecified atom stereocenters. The van der Waals surface area contributed by atoms with Crippen molar-refractivity contribution in [2.45, 2.75) is 32.7 Å². The van der Waals surface area contributed by atoms with Crippen molar-refractivity contribution in [2.75, 3.05) is 20.0 Å². The van der Waals surface area contributed by atoms with E-state index >= 15 is 0 Å². The number of benzene rings is 2. The third-order valence-electron chi connectivity index (χ3n) is 4.43. The van der Waals surface area contributed by atoms with Crippen LogP contribution in [0.5, 0.6) is 11.5 Å². The van der Waals surface area contributed by atoms with Gasteiger partial charge in [0.05, 0.1) is 24.9 Å². The van der Waals surface area contributed by atoms with E-state index in [0.717, 1.165) is 28.7 Å². The molecule has 2 aromatic rings. The lowest BCUT2D eigenvalue weighted by molar-refractivity contribution is 0.354. The molecule has 0 aliphatic rings. The molecule has 0 spiro atoms. The van der Waals surface area contributed by atoms with Gasteiger partial charge in [0.25, 0.3) is 0 Å². The van der Waals surface area contributed by atoms with E-state index < -0.39 is 0 Å². The van der Waals surface area contributed by atoms with Crippen molar-refractivity contribution in [1.29, 1.82) is 0 Å². The molecule has 140 valence electrons. The van der Waals surface area contributed by atoms with Gasteiger partial charge < -0.3 is 20.9 Å². The average molecular weight is 375 g/mol. The zero-order chi connectivity index (χ0) is 19.3. The molecule has 2 aromatic carbocycles. The van der Waals surface area contributed by atoms with Gasteiger partial charge in [-0.1, -0.05) is 42.8 Å². The number of methoxy groups -OCH3 is 2. The first kappa shape index (κ1) is 20.1. The number of ether oxygens (including phenoxy) is 2. The molecule has 4 N–H and O–H groups in total. The number of aryl methyl sites for hydroxylation is 1. The van der Waals surface area contributed by atoms with Crippen LogP contribution >= 0.6 is 11.6 Å². The average Bonchev–Trinajstić information content (AvgIpc) is 2.64. The minimum absolute atomic E-state index is 0.150. The second-order valence-corrected chi connectivity index (χ2v) is 6.64. The first-order chi connectivity index (χ1) is 12.4. The van der Waals surface area contributed by atoms with Gasteiger partial charge in [0, 0.05) is 11.6 Å². The fourth-order valence-corrected chi connectivity index (χ4v) is 3.14. The number of hydrogen-bond acceptors (Lipinski definition) is 4. The summed E-state index contributed by atoms with van der Waals surface area (Å²) in [5, 5.41) is 0.607. The zero-order valence-electron chi connectivity index (χ0n) is 15.8. The summed E-state index contributed by atoms with van der Waals surface area (Å²) < 4.78 is 10.6. The van der Waals surface area contributed by atoms with Crippen LogP contribution in [0.4, 0.5) is 5.69 Å². The number of anilines is 1. The highest BCUT2D eigenvalue weighted by Gasteiger charge is 2.12. The molecule has 0 saturated heterocycles. The van der Waals surface area contributed by atoms with Gasteiger partial charge in [-0.3, -0.25) is 0 Å². The van der Waals surface area contributed by atoms with Crippen LogP contribution in [0.3, 0.4) is 0 Å². The lowest BCUT2D eigenvalue weighted by Gasteiger charge is -2.15. The van der Waals surface area contributed by atoms with Crippen LogP contribution in [0.1, 0.15) is 30.0 Å². The van der Waals surface area contributed by atoms with Gasteiger partial charge in [0.1, 0.15) is 0 Å². The Hall–Kier alpha value is -2.17. The van der Waals surface area contributed by atoms with E-state index in [1.807, 2.05) is 37.3 Å². The van der Waals surface area contributed by atoms with E-state index in [1.165, 1.54) is 0 Å². The Morgan fingerprint density at radius 1 is 1.15 bits per heavy atom. The van der Waals surface area contributed by atoms with Crippen LogP contribution in [-0.4, -0.2) is 20.3 Å². The van der Waals surface area contributed by atoms with Gasteiger partial charge >= 0.3 is 0 Å². The third kappa shape index (κ3) is 4.51. The Morgan fingerprint density at radius 2 is 1.85 bits per heavy atom. The first-order valence-electron chi connectivity index (χ1n) is 8.63. The molecule has 0 heterocycles. The maximum absolute atomic E-state index is 6.38. The SMILES string of the molecule is CC/C(=C\C(N)Cc1ccc(OC)c(OC)c1)c1ccc(C)c(Cl)c1N. The van der Waals surface area contributed by atoms with Gasteiger partial charge in [-0.25, -0.2) is 0 Å². The summed E-state index contributed by atoms with van der Waals surface area (Å²) in [5.74, 6) is 1.41. The van der Waals surface area contributed by atoms with Gasteiger partial charge in [-0.2, -0.15) is 0 Å². The highest BCUT2D eigenvalue weighted by Crippen LogP contribution is 2.33. The molecule has 26 heavy (non-hydrogen) atoms. The quantitative estimate of drug-likeness (QED) is 0.694. The van der Waals surface area contributed by atoms with Gasteiger partial charge in [0.2, 0.25) is 0 Å². The molecular weight excluding hydrogens is 348 g/mol. The predicted octanol–water partition coefficient (Wildman–Crippen LogP) is 4.61. The van der Waals surface area contributed by atoms with Crippen LogP contribution in [0.15, 0.2) is 36.4 Å². The summed E-state index contributed by atoms with van der Waals surface area (Å²) in [4.78, 5) is 0. The summed E-state index contributed by atoms with van der Waals surface area (Å²) in [7, 11) is 3.25. The van der Waals surface area contributed by atoms with Crippen LogP contribution in [-0.2, 0) is 6.42 Å². The van der Waals surface area contributed by atoms with Crippen LogP contribution < -0.4 is 20.9 Å². The molecule has 0 bridgehead atoms. The van der Waals surface area contributed by atoms with Gasteiger partial charge in [0.15, 0.2) is 11.5 Å². The standard InChI is InChI=1S/C21H27ClN2O2/c1-5-15(17-8-6-13(2)20(22)21(17)24)12-16(23)10-14-7-9-18(25-3)19(11-14)26-4/h6-9,11-12,16H,5,10,23-24H2,1-4H3/b15-12+. The van der Waals surface area contributed by atoms with E-state index in [-0.39, 0.29) is 6.04 Å². The highest BCUT2D eigenvalue weighted by molar-refractivity contribution is 6.34. The van der Waals surface area contributed by atoms with Crippen molar-refractivity contribution in [2.24, 2.45) is 5.73 Å². The van der Waals surface area contributed by atoms with E-state index in [9.17, 15) is 0 Å². The number of allylic oxidation sites excluding steroid dienone is 1. The summed E-state index contributed by atoms with van der Waals surface area (Å²) in [6.07, 6.45) is 3.57. The van der Waals surface area contributed by atoms with Crippen molar-refractivity contribution in [3.63, 3.8) is 0 Å². The normalized spacial score (nSPS) is 12.8. The first-order valence-corrected chi connectivity index (χ1v) is 9.01. The molecule has 2 rings (SSSR count). The Balaban J connectivity index is 2.26. The zero-order valence-corrected chi connectivity index (χ0v) is 16.6. The number of rotatable bonds is 7. The fourth-order valence-electron chi connectivity index (χ4n) is 2.98. The number of halogens is 1. The van der Waals surface area contributed by atoms with Crippen molar-refractivity contribution >= 4 is 22.9 Å². The maximum Gasteiger partial charge on any atom is 0.160 e. The van der Waals surface area contributed by atoms with Crippen molar-refractivity contribution in [3.05, 3.63) is 58.1 Å². The molecule has 4 nitrogen and oxygen atoms in total. The Kier molecular flexibility index (Phi) is 6.95. The Bertz CT molecular complexity index is 803. The van der Waals surface area contributed by atoms with Crippen LogP contribution in [0.2, 0.25) is 5.02 Å². The molecule has 0 amide bonds. The van der Waals surface area contributed by atoms with E-state index in [1.54, 1.807) is 14.2 Å². The largest absolute Gasteiger partial charge is 0.493 e. The molecule has 0 radical (unpaired) electrons. The maximum atomic E-state index is 6.38. The summed E-state index contributed by atoms with van der Waals surface area (Å²) in [6, 6.07) is 9.69. The molecular formula is C21H27ClN2O2.